The summed E-state index contributed by atoms with van der Waals surface area (Å²) in [5.74, 6) is 2.24. The van der Waals surface area contributed by atoms with Crippen LogP contribution in [0.25, 0.3) is 11.6 Å². The Bertz CT molecular complexity index is 901. The summed E-state index contributed by atoms with van der Waals surface area (Å²) in [6.45, 7) is 0.191. The fourth-order valence-corrected chi connectivity index (χ4v) is 2.41. The molecule has 0 bridgehead atoms. The topological polar surface area (TPSA) is 100 Å². The minimum atomic E-state index is -2.88. The number of ether oxygens (including phenoxy) is 1. The predicted octanol–water partition coefficient (Wildman–Crippen LogP) is 3.54. The van der Waals surface area contributed by atoms with Crippen LogP contribution < -0.4 is 15.4 Å². The number of furan rings is 1. The van der Waals surface area contributed by atoms with Crippen molar-refractivity contribution in [3.05, 3.63) is 54.0 Å². The van der Waals surface area contributed by atoms with Crippen molar-refractivity contribution in [1.29, 1.82) is 0 Å². The molecule has 0 atom stereocenters. The van der Waals surface area contributed by atoms with E-state index in [4.69, 9.17) is 4.42 Å². The van der Waals surface area contributed by atoms with Crippen LogP contribution in [0.15, 0.2) is 52.1 Å². The third-order valence-electron chi connectivity index (χ3n) is 3.64. The maximum absolute atomic E-state index is 12.5. The fourth-order valence-electron chi connectivity index (χ4n) is 2.41. The van der Waals surface area contributed by atoms with E-state index in [2.05, 4.69) is 35.5 Å². The zero-order valence-electron chi connectivity index (χ0n) is 15.6. The molecule has 0 aliphatic rings. The molecule has 0 radical (unpaired) electrons. The monoisotopic (exact) mass is 518 g/mol. The Morgan fingerprint density at radius 1 is 1.24 bits per heavy atom. The van der Waals surface area contributed by atoms with Crippen LogP contribution in [-0.4, -0.2) is 34.3 Å². The van der Waals surface area contributed by atoms with E-state index >= 15 is 0 Å². The maximum atomic E-state index is 12.5. The number of nitrogens with zero attached hydrogens (tertiary/aromatic N) is 3. The molecule has 3 N–H and O–H groups in total. The zero-order valence-corrected chi connectivity index (χ0v) is 17.9. The van der Waals surface area contributed by atoms with E-state index in [-0.39, 0.29) is 36.3 Å². The van der Waals surface area contributed by atoms with Gasteiger partial charge in [-0.1, -0.05) is 18.2 Å². The van der Waals surface area contributed by atoms with Crippen molar-refractivity contribution in [2.45, 2.75) is 26.6 Å². The van der Waals surface area contributed by atoms with E-state index in [9.17, 15) is 8.78 Å². The maximum Gasteiger partial charge on any atom is 0.387 e. The Morgan fingerprint density at radius 3 is 2.79 bits per heavy atom. The largest absolute Gasteiger partial charge is 0.461 e. The summed E-state index contributed by atoms with van der Waals surface area (Å²) in [7, 11) is 0. The van der Waals surface area contributed by atoms with Gasteiger partial charge in [-0.2, -0.15) is 8.78 Å². The Labute approximate surface area is 183 Å². The number of nitrogens with one attached hydrogen (secondary N) is 3. The first-order valence-electron chi connectivity index (χ1n) is 8.65. The van der Waals surface area contributed by atoms with Crippen LogP contribution in [0, 0.1) is 0 Å². The van der Waals surface area contributed by atoms with Gasteiger partial charge in [-0.25, -0.2) is 9.98 Å². The van der Waals surface area contributed by atoms with Gasteiger partial charge in [-0.05, 0) is 25.1 Å². The lowest BCUT2D eigenvalue weighted by atomic mass is 10.2. The molecule has 0 aliphatic carbocycles. The summed E-state index contributed by atoms with van der Waals surface area (Å²) in [5.41, 5.74) is 0.555. The van der Waals surface area contributed by atoms with Gasteiger partial charge in [0.25, 0.3) is 0 Å². The summed E-state index contributed by atoms with van der Waals surface area (Å²) in [4.78, 5) is 8.75. The van der Waals surface area contributed by atoms with E-state index < -0.39 is 6.61 Å². The molecule has 29 heavy (non-hydrogen) atoms. The second-order valence-electron chi connectivity index (χ2n) is 5.62. The molecule has 11 heteroatoms. The highest BCUT2D eigenvalue weighted by Gasteiger charge is 2.10. The lowest BCUT2D eigenvalue weighted by molar-refractivity contribution is -0.0504. The molecule has 1 aromatic carbocycles. The van der Waals surface area contributed by atoms with E-state index in [1.165, 1.54) is 6.07 Å². The molecular formula is C18H21F2IN6O2. The quantitative estimate of drug-likeness (QED) is 0.240. The van der Waals surface area contributed by atoms with Gasteiger partial charge in [0, 0.05) is 12.1 Å². The number of hydrogen-bond donors (Lipinski definition) is 3. The number of H-pyrrole nitrogens is 1. The highest BCUT2D eigenvalue weighted by Crippen LogP contribution is 2.21. The van der Waals surface area contributed by atoms with E-state index in [0.29, 0.717) is 42.0 Å². The molecule has 0 amide bonds. The van der Waals surface area contributed by atoms with Crippen LogP contribution in [0.1, 0.15) is 18.3 Å². The van der Waals surface area contributed by atoms with Crippen molar-refractivity contribution >= 4 is 29.9 Å². The smallest absolute Gasteiger partial charge is 0.387 e. The van der Waals surface area contributed by atoms with Gasteiger partial charge in [-0.3, -0.25) is 5.10 Å². The van der Waals surface area contributed by atoms with Gasteiger partial charge in [0.1, 0.15) is 11.6 Å². The highest BCUT2D eigenvalue weighted by molar-refractivity contribution is 14.0. The Hall–Kier alpha value is -2.70. The minimum Gasteiger partial charge on any atom is -0.461 e. The average Bonchev–Trinajstić information content (AvgIpc) is 3.36. The normalized spacial score (nSPS) is 11.2. The number of aromatic nitrogens is 3. The van der Waals surface area contributed by atoms with Crippen LogP contribution >= 0.6 is 24.0 Å². The van der Waals surface area contributed by atoms with E-state index in [1.54, 1.807) is 36.6 Å². The number of aromatic amines is 1. The number of halogens is 3. The molecule has 2 heterocycles. The third-order valence-corrected chi connectivity index (χ3v) is 3.64. The van der Waals surface area contributed by atoms with Crippen LogP contribution in [0.2, 0.25) is 0 Å². The lowest BCUT2D eigenvalue weighted by Crippen LogP contribution is -2.37. The number of alkyl halides is 2. The van der Waals surface area contributed by atoms with Crippen molar-refractivity contribution in [2.75, 3.05) is 6.54 Å². The fraction of sp³-hybridized carbons (Fsp3) is 0.278. The Morgan fingerprint density at radius 2 is 2.07 bits per heavy atom. The highest BCUT2D eigenvalue weighted by atomic mass is 127. The molecule has 0 saturated carbocycles. The van der Waals surface area contributed by atoms with Crippen molar-refractivity contribution in [2.24, 2.45) is 4.99 Å². The molecular weight excluding hydrogens is 497 g/mol. The molecule has 0 spiro atoms. The summed E-state index contributed by atoms with van der Waals surface area (Å²) >= 11 is 0. The summed E-state index contributed by atoms with van der Waals surface area (Å²) in [6.07, 6.45) is 1.55. The van der Waals surface area contributed by atoms with Gasteiger partial charge >= 0.3 is 6.61 Å². The van der Waals surface area contributed by atoms with Gasteiger partial charge in [-0.15, -0.1) is 29.1 Å². The van der Waals surface area contributed by atoms with Gasteiger partial charge in [0.15, 0.2) is 11.7 Å². The number of aliphatic imine (C=N–C) groups is 1. The molecule has 0 fully saturated rings. The number of rotatable bonds is 8. The summed E-state index contributed by atoms with van der Waals surface area (Å²) < 4.78 is 34.8. The van der Waals surface area contributed by atoms with Crippen LogP contribution in [0.4, 0.5) is 8.78 Å². The standard InChI is InChI=1S/C18H20F2N6O2.HI/c1-2-21-18(22-10-12-6-3-4-7-13(12)28-17(19)20)23-11-15-24-16(26-25-15)14-8-5-9-27-14;/h3-9,17H,2,10-11H2,1H3,(H2,21,22,23)(H,24,25,26);1H. The number of hydrogen-bond acceptors (Lipinski definition) is 5. The molecule has 0 aliphatic heterocycles. The third kappa shape index (κ3) is 6.69. The molecule has 0 unspecified atom stereocenters. The van der Waals surface area contributed by atoms with Crippen LogP contribution in [0.3, 0.4) is 0 Å². The SMILES string of the molecule is CCNC(=NCc1ccccc1OC(F)F)NCc1nc(-c2ccco2)n[nH]1.I. The Kier molecular flexibility index (Phi) is 8.83. The molecule has 3 rings (SSSR count). The van der Waals surface area contributed by atoms with E-state index in [1.807, 2.05) is 6.92 Å². The minimum absolute atomic E-state index is 0. The van der Waals surface area contributed by atoms with Gasteiger partial charge in [0.2, 0.25) is 5.82 Å². The van der Waals surface area contributed by atoms with Crippen molar-refractivity contribution in [3.8, 4) is 17.3 Å². The van der Waals surface area contributed by atoms with Gasteiger partial charge < -0.3 is 19.8 Å². The number of benzene rings is 1. The molecule has 156 valence electrons. The predicted molar refractivity (Wildman–Crippen MR) is 114 cm³/mol. The van der Waals surface area contributed by atoms with Crippen LogP contribution in [0.5, 0.6) is 5.75 Å². The van der Waals surface area contributed by atoms with Crippen molar-refractivity contribution in [3.63, 3.8) is 0 Å². The molecule has 8 nitrogen and oxygen atoms in total. The molecule has 0 saturated heterocycles. The van der Waals surface area contributed by atoms with Crippen LogP contribution in [-0.2, 0) is 13.1 Å². The zero-order chi connectivity index (χ0) is 19.8. The average molecular weight is 518 g/mol. The summed E-state index contributed by atoms with van der Waals surface area (Å²) in [6, 6.07) is 10.1. The van der Waals surface area contributed by atoms with Gasteiger partial charge in [0.05, 0.1) is 19.4 Å². The number of para-hydroxylation sites is 1. The first-order valence-corrected chi connectivity index (χ1v) is 8.65. The second-order valence-corrected chi connectivity index (χ2v) is 5.62. The van der Waals surface area contributed by atoms with E-state index in [0.717, 1.165) is 0 Å². The van der Waals surface area contributed by atoms with Crippen molar-refractivity contribution < 1.29 is 17.9 Å². The first kappa shape index (κ1) is 22.6. The lowest BCUT2D eigenvalue weighted by Gasteiger charge is -2.12. The first-order chi connectivity index (χ1) is 13.7. The molecule has 2 aromatic heterocycles. The Balaban J connectivity index is 0.00000300. The second kappa shape index (κ2) is 11.3. The summed E-state index contributed by atoms with van der Waals surface area (Å²) in [5, 5.41) is 13.1. The van der Waals surface area contributed by atoms with Crippen molar-refractivity contribution in [1.82, 2.24) is 25.8 Å². The molecule has 3 aromatic rings. The number of guanidine groups is 1.